The van der Waals surface area contributed by atoms with Crippen molar-refractivity contribution in [3.05, 3.63) is 34.9 Å². The smallest absolute Gasteiger partial charge is 0.351 e. The van der Waals surface area contributed by atoms with Crippen LogP contribution in [0.1, 0.15) is 30.5 Å². The molecule has 0 fully saturated rings. The fourth-order valence-electron chi connectivity index (χ4n) is 1.98. The molecular formula is C13H16F6O2Si. The highest BCUT2D eigenvalue weighted by Gasteiger charge is 2.39. The van der Waals surface area contributed by atoms with E-state index in [4.69, 9.17) is 9.47 Å². The third-order valence-electron chi connectivity index (χ3n) is 2.95. The van der Waals surface area contributed by atoms with E-state index in [0.717, 1.165) is 0 Å². The van der Waals surface area contributed by atoms with E-state index in [-0.39, 0.29) is 35.1 Å². The first-order valence-electron chi connectivity index (χ1n) is 6.52. The molecular weight excluding hydrogens is 330 g/mol. The number of hydrogen-bond donors (Lipinski definition) is 0. The van der Waals surface area contributed by atoms with E-state index in [1.165, 1.54) is 0 Å². The minimum atomic E-state index is -4.89. The lowest BCUT2D eigenvalue weighted by atomic mass is 10.0. The van der Waals surface area contributed by atoms with E-state index in [1.54, 1.807) is 13.8 Å². The second kappa shape index (κ2) is 6.59. The largest absolute Gasteiger partial charge is 0.416 e. The molecule has 1 aromatic rings. The van der Waals surface area contributed by atoms with Crippen molar-refractivity contribution in [3.8, 4) is 0 Å². The summed E-state index contributed by atoms with van der Waals surface area (Å²) in [5, 5.41) is 0. The van der Waals surface area contributed by atoms with Crippen LogP contribution in [0.3, 0.4) is 0 Å². The molecule has 0 aromatic heterocycles. The number of hydrogen-bond acceptors (Lipinski definition) is 2. The van der Waals surface area contributed by atoms with Crippen molar-refractivity contribution < 1.29 is 35.8 Å². The Morgan fingerprint density at radius 1 is 0.773 bits per heavy atom. The van der Waals surface area contributed by atoms with Crippen LogP contribution in [0, 0.1) is 0 Å². The minimum absolute atomic E-state index is 0.0656. The lowest BCUT2D eigenvalue weighted by molar-refractivity contribution is -0.181. The highest BCUT2D eigenvalue weighted by molar-refractivity contribution is 6.13. The maximum absolute atomic E-state index is 12.9. The summed E-state index contributed by atoms with van der Waals surface area (Å²) in [5.41, 5.74) is -4.58. The van der Waals surface area contributed by atoms with Gasteiger partial charge in [-0.25, -0.2) is 0 Å². The van der Waals surface area contributed by atoms with Crippen LogP contribution in [0.15, 0.2) is 18.2 Å². The van der Waals surface area contributed by atoms with Gasteiger partial charge in [-0.1, -0.05) is 0 Å². The Hall–Kier alpha value is -1.06. The van der Waals surface area contributed by atoms with Crippen LogP contribution in [0.2, 0.25) is 0 Å². The Morgan fingerprint density at radius 2 is 1.09 bits per heavy atom. The molecule has 0 aliphatic carbocycles. The lowest BCUT2D eigenvalue weighted by Crippen LogP contribution is -2.34. The normalized spacial score (nSPS) is 13.6. The number of ether oxygens (including phenoxy) is 2. The summed E-state index contributed by atoms with van der Waals surface area (Å²) in [4.78, 5) is 0. The molecule has 0 heterocycles. The first-order chi connectivity index (χ1) is 9.94. The number of alkyl halides is 6. The van der Waals surface area contributed by atoms with Crippen molar-refractivity contribution >= 4 is 10.2 Å². The molecule has 1 aromatic carbocycles. The van der Waals surface area contributed by atoms with Gasteiger partial charge in [-0.05, 0) is 32.0 Å². The zero-order valence-corrected chi connectivity index (χ0v) is 14.2. The second-order valence-electron chi connectivity index (χ2n) is 4.61. The lowest BCUT2D eigenvalue weighted by Gasteiger charge is -2.31. The van der Waals surface area contributed by atoms with Gasteiger partial charge in [-0.15, -0.1) is 0 Å². The van der Waals surface area contributed by atoms with Crippen LogP contribution in [-0.4, -0.2) is 23.5 Å². The van der Waals surface area contributed by atoms with Crippen LogP contribution < -0.4 is 0 Å². The van der Waals surface area contributed by atoms with Gasteiger partial charge in [0, 0.05) is 18.8 Å². The van der Waals surface area contributed by atoms with Crippen molar-refractivity contribution in [2.45, 2.75) is 31.6 Å². The average Bonchev–Trinajstić information content (AvgIpc) is 2.36. The topological polar surface area (TPSA) is 18.5 Å². The molecule has 0 saturated heterocycles. The molecule has 0 N–H and O–H groups in total. The Balaban J connectivity index is 3.52. The molecule has 0 saturated carbocycles. The molecule has 0 bridgehead atoms. The standard InChI is InChI=1S/C13H16F6O2Si/c1-3-20-13(22,21-4-2)10-6-8(11(14,15)16)5-9(7-10)12(17,18)19/h5-7H,3-4H2,1-2,22H3. The van der Waals surface area contributed by atoms with Gasteiger partial charge in [0.15, 0.2) is 5.41 Å². The molecule has 0 spiro atoms. The van der Waals surface area contributed by atoms with Crippen molar-refractivity contribution in [2.75, 3.05) is 13.2 Å². The van der Waals surface area contributed by atoms with E-state index in [9.17, 15) is 26.3 Å². The van der Waals surface area contributed by atoms with Gasteiger partial charge in [-0.2, -0.15) is 26.3 Å². The zero-order chi connectivity index (χ0) is 17.2. The van der Waals surface area contributed by atoms with E-state index >= 15 is 0 Å². The molecule has 0 aliphatic rings. The van der Waals surface area contributed by atoms with Gasteiger partial charge in [0.1, 0.15) is 0 Å². The second-order valence-corrected chi connectivity index (χ2v) is 5.92. The summed E-state index contributed by atoms with van der Waals surface area (Å²) in [7, 11) is 0.0656. The van der Waals surface area contributed by atoms with Gasteiger partial charge in [0.2, 0.25) is 0 Å². The number of rotatable bonds is 5. The molecule has 9 heteroatoms. The molecule has 22 heavy (non-hydrogen) atoms. The summed E-state index contributed by atoms with van der Waals surface area (Å²) in [6.07, 6.45) is -9.78. The summed E-state index contributed by atoms with van der Waals surface area (Å²) < 4.78 is 87.7. The maximum atomic E-state index is 12.9. The van der Waals surface area contributed by atoms with Crippen LogP contribution in [-0.2, 0) is 27.2 Å². The molecule has 0 amide bonds. The number of halogens is 6. The highest BCUT2D eigenvalue weighted by atomic mass is 28.1. The van der Waals surface area contributed by atoms with Crippen molar-refractivity contribution in [1.82, 2.24) is 0 Å². The van der Waals surface area contributed by atoms with Crippen molar-refractivity contribution in [1.29, 1.82) is 0 Å². The van der Waals surface area contributed by atoms with Gasteiger partial charge >= 0.3 is 12.4 Å². The van der Waals surface area contributed by atoms with Crippen LogP contribution in [0.25, 0.3) is 0 Å². The molecule has 0 radical (unpaired) electrons. The summed E-state index contributed by atoms with van der Waals surface area (Å²) in [5.74, 6) is 0. The number of benzene rings is 1. The fraction of sp³-hybridized carbons (Fsp3) is 0.538. The first-order valence-corrected chi connectivity index (χ1v) is 7.52. The van der Waals surface area contributed by atoms with E-state index < -0.39 is 28.9 Å². The molecule has 0 atom stereocenters. The molecule has 2 nitrogen and oxygen atoms in total. The van der Waals surface area contributed by atoms with E-state index in [1.807, 2.05) is 0 Å². The predicted molar refractivity (Wildman–Crippen MR) is 71.3 cm³/mol. The minimum Gasteiger partial charge on any atom is -0.351 e. The van der Waals surface area contributed by atoms with E-state index in [2.05, 4.69) is 0 Å². The Labute approximate surface area is 126 Å². The predicted octanol–water partition coefficient (Wildman–Crippen LogP) is 3.27. The summed E-state index contributed by atoms with van der Waals surface area (Å²) in [6, 6.07) is 1.38. The van der Waals surface area contributed by atoms with Crippen LogP contribution in [0.4, 0.5) is 26.3 Å². The quantitative estimate of drug-likeness (QED) is 0.463. The zero-order valence-electron chi connectivity index (χ0n) is 12.2. The average molecular weight is 346 g/mol. The molecule has 1 rings (SSSR count). The van der Waals surface area contributed by atoms with Gasteiger partial charge in [0.05, 0.1) is 21.4 Å². The molecule has 126 valence electrons. The first kappa shape index (κ1) is 19.0. The van der Waals surface area contributed by atoms with Gasteiger partial charge in [-0.3, -0.25) is 0 Å². The van der Waals surface area contributed by atoms with Crippen molar-refractivity contribution in [2.24, 2.45) is 0 Å². The maximum Gasteiger partial charge on any atom is 0.416 e. The monoisotopic (exact) mass is 346 g/mol. The van der Waals surface area contributed by atoms with Crippen LogP contribution >= 0.6 is 0 Å². The van der Waals surface area contributed by atoms with Gasteiger partial charge < -0.3 is 9.47 Å². The summed E-state index contributed by atoms with van der Waals surface area (Å²) >= 11 is 0. The molecule has 0 aliphatic heterocycles. The van der Waals surface area contributed by atoms with Gasteiger partial charge in [0.25, 0.3) is 0 Å². The third kappa shape index (κ3) is 4.47. The summed E-state index contributed by atoms with van der Waals surface area (Å²) in [6.45, 7) is 3.37. The SMILES string of the molecule is CCOC([SiH3])(OCC)c1cc(C(F)(F)F)cc(C(F)(F)F)c1. The fourth-order valence-corrected chi connectivity index (χ4v) is 2.84. The highest BCUT2D eigenvalue weighted by Crippen LogP contribution is 2.38. The Bertz CT molecular complexity index is 474. The van der Waals surface area contributed by atoms with E-state index in [0.29, 0.717) is 12.1 Å². The molecule has 0 unspecified atom stereocenters. The van der Waals surface area contributed by atoms with Crippen molar-refractivity contribution in [3.63, 3.8) is 0 Å². The Kier molecular flexibility index (Phi) is 5.69. The third-order valence-corrected chi connectivity index (χ3v) is 4.11. The van der Waals surface area contributed by atoms with Crippen LogP contribution in [0.5, 0.6) is 0 Å². The Morgan fingerprint density at radius 3 is 1.36 bits per heavy atom.